The van der Waals surface area contributed by atoms with E-state index in [1.807, 2.05) is 0 Å². The van der Waals surface area contributed by atoms with E-state index in [1.54, 1.807) is 25.1 Å². The molecule has 1 unspecified atom stereocenters. The number of ether oxygens (including phenoxy) is 4. The molecule has 11 heteroatoms. The monoisotopic (exact) mass is 472 g/mol. The van der Waals surface area contributed by atoms with Crippen molar-refractivity contribution in [2.75, 3.05) is 33.3 Å². The fraction of sp³-hybridized carbons (Fsp3) is 0.364. The van der Waals surface area contributed by atoms with E-state index in [0.29, 0.717) is 52.4 Å². The Kier molecular flexibility index (Phi) is 6.50. The predicted molar refractivity (Wildman–Crippen MR) is 121 cm³/mol. The number of carbonyl (C=O) groups excluding carboxylic acids is 2. The quantitative estimate of drug-likeness (QED) is 0.478. The van der Waals surface area contributed by atoms with Gasteiger partial charge in [-0.05, 0) is 38.0 Å². The molecule has 33 heavy (non-hydrogen) atoms. The standard InChI is InChI=1S/C22H24N4O6S/c1-5-32-21(28)12-6-7-17-18(12)23-22(33-17)24-20(27)14-10-13(25-26-14)11-8-15(29-2)19(31-4)16(9-11)30-3/h8-10,12H,5-7H2,1-4H3,(H,25,26)(H,23,24,27). The highest BCUT2D eigenvalue weighted by Crippen LogP contribution is 2.41. The van der Waals surface area contributed by atoms with E-state index in [9.17, 15) is 9.59 Å². The number of H-pyrrole nitrogens is 1. The second-order valence-electron chi connectivity index (χ2n) is 7.21. The highest BCUT2D eigenvalue weighted by Gasteiger charge is 2.34. The van der Waals surface area contributed by atoms with Gasteiger partial charge < -0.3 is 18.9 Å². The number of nitrogens with one attached hydrogen (secondary N) is 2. The Hall–Kier alpha value is -3.60. The molecule has 1 aromatic carbocycles. The summed E-state index contributed by atoms with van der Waals surface area (Å²) in [4.78, 5) is 30.4. The molecule has 0 radical (unpaired) electrons. The first-order chi connectivity index (χ1) is 16.0. The highest BCUT2D eigenvalue weighted by molar-refractivity contribution is 7.16. The normalized spacial score (nSPS) is 14.5. The van der Waals surface area contributed by atoms with Crippen LogP contribution in [0.25, 0.3) is 11.3 Å². The number of anilines is 1. The molecular weight excluding hydrogens is 448 g/mol. The Morgan fingerprint density at radius 3 is 2.52 bits per heavy atom. The summed E-state index contributed by atoms with van der Waals surface area (Å²) in [6.45, 7) is 2.10. The van der Waals surface area contributed by atoms with Crippen LogP contribution in [-0.2, 0) is 16.0 Å². The Labute approximate surface area is 194 Å². The summed E-state index contributed by atoms with van der Waals surface area (Å²) in [5.74, 6) is 0.392. The molecule has 0 spiro atoms. The maximum Gasteiger partial charge on any atom is 0.315 e. The Bertz CT molecular complexity index is 1160. The summed E-state index contributed by atoms with van der Waals surface area (Å²) in [6.07, 6.45) is 1.42. The number of fused-ring (bicyclic) bond motifs is 1. The molecule has 0 aliphatic heterocycles. The SMILES string of the molecule is CCOC(=O)C1CCc2sc(NC(=O)c3cc(-c4cc(OC)c(OC)c(OC)c4)n[nH]3)nc21. The van der Waals surface area contributed by atoms with E-state index < -0.39 is 0 Å². The average molecular weight is 473 g/mol. The van der Waals surface area contributed by atoms with Crippen LogP contribution < -0.4 is 19.5 Å². The maximum atomic E-state index is 12.8. The van der Waals surface area contributed by atoms with Gasteiger partial charge in [0.2, 0.25) is 5.75 Å². The van der Waals surface area contributed by atoms with E-state index in [1.165, 1.54) is 32.7 Å². The molecular formula is C22H24N4O6S. The van der Waals surface area contributed by atoms with Gasteiger partial charge in [0.25, 0.3) is 5.91 Å². The molecule has 0 bridgehead atoms. The number of thiazole rings is 1. The van der Waals surface area contributed by atoms with Gasteiger partial charge in [0, 0.05) is 10.4 Å². The van der Waals surface area contributed by atoms with Crippen molar-refractivity contribution in [1.82, 2.24) is 15.2 Å². The number of aryl methyl sites for hydroxylation is 1. The molecule has 1 amide bonds. The lowest BCUT2D eigenvalue weighted by molar-refractivity contribution is -0.145. The largest absolute Gasteiger partial charge is 0.493 e. The molecule has 1 aliphatic carbocycles. The maximum absolute atomic E-state index is 12.8. The first-order valence-corrected chi connectivity index (χ1v) is 11.1. The summed E-state index contributed by atoms with van der Waals surface area (Å²) in [6, 6.07) is 5.12. The van der Waals surface area contributed by atoms with Gasteiger partial charge in [0.15, 0.2) is 16.6 Å². The molecule has 0 saturated carbocycles. The number of aromatic amines is 1. The van der Waals surface area contributed by atoms with Gasteiger partial charge in [-0.15, -0.1) is 11.3 Å². The number of amides is 1. The number of hydrogen-bond donors (Lipinski definition) is 2. The molecule has 4 rings (SSSR count). The first-order valence-electron chi connectivity index (χ1n) is 10.3. The van der Waals surface area contributed by atoms with Crippen LogP contribution in [0.3, 0.4) is 0 Å². The zero-order chi connectivity index (χ0) is 23.5. The lowest BCUT2D eigenvalue weighted by Crippen LogP contribution is -2.15. The van der Waals surface area contributed by atoms with E-state index >= 15 is 0 Å². The van der Waals surface area contributed by atoms with Gasteiger partial charge in [-0.25, -0.2) is 4.98 Å². The van der Waals surface area contributed by atoms with Crippen LogP contribution in [0.2, 0.25) is 0 Å². The Morgan fingerprint density at radius 2 is 1.88 bits per heavy atom. The molecule has 3 aromatic rings. The molecule has 1 aliphatic rings. The molecule has 10 nitrogen and oxygen atoms in total. The number of methoxy groups -OCH3 is 3. The van der Waals surface area contributed by atoms with Crippen LogP contribution in [0.4, 0.5) is 5.13 Å². The van der Waals surface area contributed by atoms with Crippen molar-refractivity contribution >= 4 is 28.3 Å². The van der Waals surface area contributed by atoms with Gasteiger partial charge in [-0.2, -0.15) is 5.10 Å². The van der Waals surface area contributed by atoms with Crippen molar-refractivity contribution in [2.24, 2.45) is 0 Å². The lowest BCUT2D eigenvalue weighted by atomic mass is 10.1. The second-order valence-corrected chi connectivity index (χ2v) is 8.29. The van der Waals surface area contributed by atoms with E-state index in [-0.39, 0.29) is 23.5 Å². The molecule has 0 fully saturated rings. The fourth-order valence-corrected chi connectivity index (χ4v) is 4.77. The molecule has 1 atom stereocenters. The minimum Gasteiger partial charge on any atom is -0.493 e. The van der Waals surface area contributed by atoms with Crippen LogP contribution in [0, 0.1) is 0 Å². The van der Waals surface area contributed by atoms with Crippen molar-refractivity contribution in [1.29, 1.82) is 0 Å². The predicted octanol–water partition coefficient (Wildman–Crippen LogP) is 3.40. The third-order valence-corrected chi connectivity index (χ3v) is 6.34. The van der Waals surface area contributed by atoms with Gasteiger partial charge in [-0.1, -0.05) is 0 Å². The number of rotatable bonds is 8. The average Bonchev–Trinajstić information content (AvgIpc) is 3.54. The molecule has 2 heterocycles. The van der Waals surface area contributed by atoms with Gasteiger partial charge >= 0.3 is 5.97 Å². The number of esters is 1. The van der Waals surface area contributed by atoms with Crippen molar-refractivity contribution in [3.05, 3.63) is 34.5 Å². The number of aromatic nitrogens is 3. The number of hydrogen-bond acceptors (Lipinski definition) is 9. The van der Waals surface area contributed by atoms with Crippen LogP contribution in [0.5, 0.6) is 17.2 Å². The van der Waals surface area contributed by atoms with Crippen LogP contribution in [-0.4, -0.2) is 55.0 Å². The van der Waals surface area contributed by atoms with E-state index in [2.05, 4.69) is 20.5 Å². The summed E-state index contributed by atoms with van der Waals surface area (Å²) < 4.78 is 21.2. The van der Waals surface area contributed by atoms with Gasteiger partial charge in [0.05, 0.1) is 39.3 Å². The van der Waals surface area contributed by atoms with Crippen LogP contribution in [0.15, 0.2) is 18.2 Å². The van der Waals surface area contributed by atoms with Crippen LogP contribution >= 0.6 is 11.3 Å². The molecule has 0 saturated heterocycles. The third kappa shape index (κ3) is 4.36. The van der Waals surface area contributed by atoms with Crippen molar-refractivity contribution < 1.29 is 28.5 Å². The van der Waals surface area contributed by atoms with Crippen LogP contribution in [0.1, 0.15) is 40.3 Å². The summed E-state index contributed by atoms with van der Waals surface area (Å²) in [5, 5.41) is 10.2. The van der Waals surface area contributed by atoms with Crippen molar-refractivity contribution in [3.63, 3.8) is 0 Å². The minimum absolute atomic E-state index is 0.260. The van der Waals surface area contributed by atoms with Gasteiger partial charge in [0.1, 0.15) is 11.6 Å². The smallest absolute Gasteiger partial charge is 0.315 e. The minimum atomic E-state index is -0.388. The summed E-state index contributed by atoms with van der Waals surface area (Å²) in [7, 11) is 4.59. The molecule has 174 valence electrons. The molecule has 2 N–H and O–H groups in total. The van der Waals surface area contributed by atoms with E-state index in [0.717, 1.165) is 11.3 Å². The zero-order valence-corrected chi connectivity index (χ0v) is 19.5. The number of benzene rings is 1. The zero-order valence-electron chi connectivity index (χ0n) is 18.7. The Balaban J connectivity index is 1.52. The summed E-state index contributed by atoms with van der Waals surface area (Å²) >= 11 is 1.37. The second kappa shape index (κ2) is 9.49. The summed E-state index contributed by atoms with van der Waals surface area (Å²) in [5.41, 5.74) is 2.17. The number of carbonyl (C=O) groups is 2. The Morgan fingerprint density at radius 1 is 1.15 bits per heavy atom. The van der Waals surface area contributed by atoms with Crippen molar-refractivity contribution in [2.45, 2.75) is 25.7 Å². The molecule has 2 aromatic heterocycles. The lowest BCUT2D eigenvalue weighted by Gasteiger charge is -2.13. The highest BCUT2D eigenvalue weighted by atomic mass is 32.1. The van der Waals surface area contributed by atoms with Crippen molar-refractivity contribution in [3.8, 4) is 28.5 Å². The number of nitrogens with zero attached hydrogens (tertiary/aromatic N) is 2. The fourth-order valence-electron chi connectivity index (χ4n) is 3.73. The topological polar surface area (TPSA) is 125 Å². The third-order valence-electron chi connectivity index (χ3n) is 5.29. The van der Waals surface area contributed by atoms with E-state index in [4.69, 9.17) is 18.9 Å². The first kappa shape index (κ1) is 22.6. The van der Waals surface area contributed by atoms with Gasteiger partial charge in [-0.3, -0.25) is 20.0 Å².